The van der Waals surface area contributed by atoms with Crippen LogP contribution in [-0.4, -0.2) is 45.6 Å². The Hall–Kier alpha value is -4.21. The number of likely N-dealkylation sites (tertiary alicyclic amines) is 1. The number of carbonyl (C=O) groups excluding carboxylic acids is 1. The van der Waals surface area contributed by atoms with Gasteiger partial charge in [-0.2, -0.15) is 0 Å². The molecule has 4 aromatic rings. The number of carbonyl (C=O) groups is 1. The highest BCUT2D eigenvalue weighted by atomic mass is 35.5. The Morgan fingerprint density at radius 2 is 1.80 bits per heavy atom. The van der Waals surface area contributed by atoms with Crippen LogP contribution in [0, 0.1) is 11.6 Å². The van der Waals surface area contributed by atoms with E-state index in [1.165, 1.54) is 18.2 Å². The van der Waals surface area contributed by atoms with E-state index < -0.39 is 11.6 Å². The van der Waals surface area contributed by atoms with Crippen LogP contribution >= 0.6 is 11.6 Å². The molecule has 0 aliphatic carbocycles. The zero-order chi connectivity index (χ0) is 27.1. The summed E-state index contributed by atoms with van der Waals surface area (Å²) in [5, 5.41) is 3.57. The molecule has 3 heterocycles. The molecule has 1 amide bonds. The van der Waals surface area contributed by atoms with Gasteiger partial charge in [0.15, 0.2) is 0 Å². The number of nitrogens with one attached hydrogen (secondary N) is 1. The van der Waals surface area contributed by atoms with Crippen LogP contribution < -0.4 is 11.1 Å². The van der Waals surface area contributed by atoms with Crippen LogP contribution in [0.15, 0.2) is 71.9 Å². The van der Waals surface area contributed by atoms with Crippen molar-refractivity contribution < 1.29 is 13.6 Å². The average molecular weight is 561 g/mol. The van der Waals surface area contributed by atoms with Crippen LogP contribution in [0.2, 0.25) is 5.02 Å². The smallest absolute Gasteiger partial charge is 0.253 e. The number of hydrogen-bond donors (Lipinski definition) is 2. The number of benzene rings is 3. The van der Waals surface area contributed by atoms with E-state index in [2.05, 4.69) is 15.3 Å². The summed E-state index contributed by atoms with van der Waals surface area (Å²) in [7, 11) is 0. The van der Waals surface area contributed by atoms with Crippen LogP contribution in [-0.2, 0) is 6.54 Å². The molecule has 0 radical (unpaired) electrons. The van der Waals surface area contributed by atoms with Crippen LogP contribution in [0.5, 0.6) is 0 Å². The van der Waals surface area contributed by atoms with Crippen LogP contribution in [0.3, 0.4) is 0 Å². The fourth-order valence-corrected chi connectivity index (χ4v) is 5.07. The molecule has 1 saturated heterocycles. The molecule has 7 nitrogen and oxygen atoms in total. The van der Waals surface area contributed by atoms with Gasteiger partial charge in [-0.3, -0.25) is 9.79 Å². The summed E-state index contributed by atoms with van der Waals surface area (Å²) in [6.07, 6.45) is 2.44. The van der Waals surface area contributed by atoms with E-state index in [1.54, 1.807) is 53.6 Å². The predicted octanol–water partition coefficient (Wildman–Crippen LogP) is 5.98. The fourth-order valence-electron chi connectivity index (χ4n) is 4.90. The van der Waals surface area contributed by atoms with Gasteiger partial charge < -0.3 is 16.0 Å². The summed E-state index contributed by atoms with van der Waals surface area (Å²) in [4.78, 5) is 28.2. The van der Waals surface area contributed by atoms with E-state index in [9.17, 15) is 13.6 Å². The van der Waals surface area contributed by atoms with E-state index in [4.69, 9.17) is 22.3 Å². The molecule has 3 aromatic carbocycles. The molecule has 10 heteroatoms. The maximum Gasteiger partial charge on any atom is 0.253 e. The summed E-state index contributed by atoms with van der Waals surface area (Å²) in [6.45, 7) is 1.34. The molecular weight excluding hydrogens is 534 g/mol. The fraction of sp³-hybridized carbons (Fsp3) is 0.200. The number of nitrogens with two attached hydrogens (primary N) is 1. The van der Waals surface area contributed by atoms with Crippen LogP contribution in [0.25, 0.3) is 11.3 Å². The summed E-state index contributed by atoms with van der Waals surface area (Å²) >= 11 is 6.29. The minimum atomic E-state index is -0.714. The number of rotatable bonds is 4. The molecule has 2 aliphatic rings. The van der Waals surface area contributed by atoms with Gasteiger partial charge in [0.1, 0.15) is 11.6 Å². The van der Waals surface area contributed by atoms with Gasteiger partial charge in [-0.05, 0) is 55.0 Å². The Morgan fingerprint density at radius 1 is 1.05 bits per heavy atom. The van der Waals surface area contributed by atoms with Crippen molar-refractivity contribution in [1.82, 2.24) is 14.9 Å². The lowest BCUT2D eigenvalue weighted by molar-refractivity contribution is 0.0791. The molecule has 6 rings (SSSR count). The third kappa shape index (κ3) is 5.17. The Morgan fingerprint density at radius 3 is 2.50 bits per heavy atom. The maximum atomic E-state index is 14.8. The first kappa shape index (κ1) is 27.4. The zero-order valence-electron chi connectivity index (χ0n) is 20.7. The van der Waals surface area contributed by atoms with Gasteiger partial charge in [-0.25, -0.2) is 18.7 Å². The van der Waals surface area contributed by atoms with Crippen molar-refractivity contribution >= 4 is 34.9 Å². The minimum absolute atomic E-state index is 0. The van der Waals surface area contributed by atoms with Crippen molar-refractivity contribution in [3.05, 3.63) is 106 Å². The molecule has 2 aliphatic heterocycles. The average Bonchev–Trinajstić information content (AvgIpc) is 3.30. The molecular formula is C30H27ClF2N6O. The molecule has 0 saturated carbocycles. The number of nitrogens with zero attached hydrogens (tertiary/aromatic N) is 4. The molecule has 0 spiro atoms. The minimum Gasteiger partial charge on any atom is -0.337 e. The van der Waals surface area contributed by atoms with Gasteiger partial charge in [0.25, 0.3) is 5.91 Å². The monoisotopic (exact) mass is 560 g/mol. The van der Waals surface area contributed by atoms with Gasteiger partial charge >= 0.3 is 0 Å². The number of hydrogen-bond acceptors (Lipinski definition) is 6. The van der Waals surface area contributed by atoms with E-state index in [0.29, 0.717) is 57.7 Å². The van der Waals surface area contributed by atoms with Gasteiger partial charge in [0.05, 0.1) is 23.5 Å². The lowest BCUT2D eigenvalue weighted by Crippen LogP contribution is -2.31. The molecule has 3 N–H and O–H groups in total. The highest BCUT2D eigenvalue weighted by Crippen LogP contribution is 2.34. The Labute approximate surface area is 235 Å². The number of aromatic nitrogens is 2. The second-order valence-corrected chi connectivity index (χ2v) is 9.96. The number of anilines is 2. The van der Waals surface area contributed by atoms with E-state index in [1.807, 2.05) is 0 Å². The Balaban J connectivity index is 0.00000323. The lowest BCUT2D eigenvalue weighted by atomic mass is 9.95. The first-order chi connectivity index (χ1) is 18.9. The molecule has 40 heavy (non-hydrogen) atoms. The van der Waals surface area contributed by atoms with Gasteiger partial charge in [-0.1, -0.05) is 31.2 Å². The quantitative estimate of drug-likeness (QED) is 0.320. The number of halogens is 3. The molecule has 1 atom stereocenters. The van der Waals surface area contributed by atoms with Crippen molar-refractivity contribution in [1.29, 1.82) is 0 Å². The van der Waals surface area contributed by atoms with Crippen molar-refractivity contribution in [2.75, 3.05) is 18.4 Å². The highest BCUT2D eigenvalue weighted by Gasteiger charge is 2.26. The number of amides is 1. The lowest BCUT2D eigenvalue weighted by Gasteiger charge is -2.16. The third-order valence-electron chi connectivity index (χ3n) is 6.86. The summed E-state index contributed by atoms with van der Waals surface area (Å²) in [5.41, 5.74) is 9.52. The topological polar surface area (TPSA) is 96.5 Å². The molecule has 0 bridgehead atoms. The Bertz CT molecular complexity index is 1610. The van der Waals surface area contributed by atoms with Crippen LogP contribution in [0.4, 0.5) is 20.4 Å². The molecule has 1 fully saturated rings. The van der Waals surface area contributed by atoms with Crippen LogP contribution in [0.1, 0.15) is 40.9 Å². The van der Waals surface area contributed by atoms with E-state index >= 15 is 0 Å². The third-order valence-corrected chi connectivity index (χ3v) is 7.10. The van der Waals surface area contributed by atoms with Gasteiger partial charge in [-0.15, -0.1) is 0 Å². The van der Waals surface area contributed by atoms with Crippen molar-refractivity contribution in [2.24, 2.45) is 10.7 Å². The Kier molecular flexibility index (Phi) is 7.60. The zero-order valence-corrected chi connectivity index (χ0v) is 21.4. The molecule has 204 valence electrons. The normalized spacial score (nSPS) is 15.8. The van der Waals surface area contributed by atoms with Gasteiger partial charge in [0.2, 0.25) is 5.95 Å². The second kappa shape index (κ2) is 11.1. The predicted molar refractivity (Wildman–Crippen MR) is 153 cm³/mol. The van der Waals surface area contributed by atoms with Crippen molar-refractivity contribution in [3.63, 3.8) is 0 Å². The summed E-state index contributed by atoms with van der Waals surface area (Å²) < 4.78 is 29.5. The van der Waals surface area contributed by atoms with E-state index in [0.717, 1.165) is 6.42 Å². The molecule has 1 unspecified atom stereocenters. The van der Waals surface area contributed by atoms with Crippen molar-refractivity contribution in [2.45, 2.75) is 26.4 Å². The summed E-state index contributed by atoms with van der Waals surface area (Å²) in [6, 6.07) is 15.9. The first-order valence-electron chi connectivity index (χ1n) is 12.4. The van der Waals surface area contributed by atoms with E-state index in [-0.39, 0.29) is 37.2 Å². The molecule has 1 aromatic heterocycles. The summed E-state index contributed by atoms with van der Waals surface area (Å²) in [5.74, 6) is -1.16. The van der Waals surface area contributed by atoms with Gasteiger partial charge in [0, 0.05) is 58.3 Å². The number of fused-ring (bicyclic) bond motifs is 3. The first-order valence-corrected chi connectivity index (χ1v) is 12.8. The largest absolute Gasteiger partial charge is 0.337 e. The van der Waals surface area contributed by atoms with Crippen molar-refractivity contribution in [3.8, 4) is 11.3 Å². The number of aliphatic imine (C=N–C) groups is 1. The second-order valence-electron chi connectivity index (χ2n) is 9.52. The maximum absolute atomic E-state index is 14.8. The highest BCUT2D eigenvalue weighted by molar-refractivity contribution is 6.31. The standard InChI is InChI=1S/C29H23ClF2N6O.CH4/c30-18-6-9-21-22(12-18)27(25-23(31)2-1-3-24(25)32)34-13-17-14-35-29(37-26(17)21)36-20-7-4-16(5-8-20)28(39)38-11-10-19(33)15-38;/h1-9,12,14,19H,10-11,13,15,33H2,(H,35,36,37);1H4. The SMILES string of the molecule is C.NC1CCN(C(=O)c2ccc(Nc3ncc4c(n3)-c3ccc(Cl)cc3C(c3c(F)cccc3F)=NC4)cc2)C1.